The summed E-state index contributed by atoms with van der Waals surface area (Å²) in [5, 5.41) is 14.4. The van der Waals surface area contributed by atoms with Crippen LogP contribution in [-0.4, -0.2) is 35.4 Å². The Kier molecular flexibility index (Phi) is 5.24. The van der Waals surface area contributed by atoms with Gasteiger partial charge in [-0.1, -0.05) is 25.2 Å². The van der Waals surface area contributed by atoms with Crippen molar-refractivity contribution in [3.05, 3.63) is 11.2 Å². The number of anilines is 1. The lowest BCUT2D eigenvalue weighted by molar-refractivity contribution is 0.211. The molecule has 5 nitrogen and oxygen atoms in total. The van der Waals surface area contributed by atoms with E-state index in [0.717, 1.165) is 33.0 Å². The van der Waals surface area contributed by atoms with Gasteiger partial charge in [-0.25, -0.2) is 4.98 Å². The third-order valence-electron chi connectivity index (χ3n) is 2.35. The summed E-state index contributed by atoms with van der Waals surface area (Å²) < 4.78 is 4.98. The van der Waals surface area contributed by atoms with E-state index >= 15 is 0 Å². The fraction of sp³-hybridized carbons (Fsp3) is 0.583. The van der Waals surface area contributed by atoms with Crippen LogP contribution in [0.25, 0.3) is 9.88 Å². The van der Waals surface area contributed by atoms with Crippen molar-refractivity contribution in [1.29, 1.82) is 0 Å². The van der Waals surface area contributed by atoms with E-state index < -0.39 is 0 Å². The van der Waals surface area contributed by atoms with Gasteiger partial charge >= 0.3 is 0 Å². The second kappa shape index (κ2) is 6.93. The number of aromatic nitrogens is 3. The van der Waals surface area contributed by atoms with Gasteiger partial charge in [-0.05, 0) is 5.92 Å². The van der Waals surface area contributed by atoms with Crippen LogP contribution < -0.4 is 5.32 Å². The van der Waals surface area contributed by atoms with Crippen molar-refractivity contribution in [2.24, 2.45) is 5.92 Å². The van der Waals surface area contributed by atoms with Crippen molar-refractivity contribution in [2.45, 2.75) is 20.3 Å². The number of hydrogen-bond donors (Lipinski definition) is 1. The van der Waals surface area contributed by atoms with Crippen LogP contribution in [0.15, 0.2) is 6.20 Å². The number of hydrogen-bond acceptors (Lipinski definition) is 7. The lowest BCUT2D eigenvalue weighted by atomic mass is 10.1. The van der Waals surface area contributed by atoms with E-state index in [0.29, 0.717) is 12.5 Å². The van der Waals surface area contributed by atoms with Crippen LogP contribution >= 0.6 is 22.7 Å². The Hall–Kier alpha value is -1.05. The fourth-order valence-corrected chi connectivity index (χ4v) is 3.44. The molecule has 0 radical (unpaired) electrons. The largest absolute Gasteiger partial charge is 0.383 e. The number of ether oxygens (including phenoxy) is 1. The topological polar surface area (TPSA) is 59.9 Å². The van der Waals surface area contributed by atoms with Gasteiger partial charge in [-0.15, -0.1) is 21.5 Å². The minimum absolute atomic E-state index is 0.625. The van der Waals surface area contributed by atoms with Crippen molar-refractivity contribution in [2.75, 3.05) is 25.6 Å². The summed E-state index contributed by atoms with van der Waals surface area (Å²) in [5.41, 5.74) is 0. The summed E-state index contributed by atoms with van der Waals surface area (Å²) in [4.78, 5) is 5.53. The van der Waals surface area contributed by atoms with Crippen LogP contribution in [-0.2, 0) is 11.2 Å². The molecule has 0 aliphatic carbocycles. The van der Waals surface area contributed by atoms with E-state index in [1.54, 1.807) is 29.8 Å². The second-order valence-corrected chi connectivity index (χ2v) is 6.64. The van der Waals surface area contributed by atoms with Gasteiger partial charge < -0.3 is 10.1 Å². The number of thiazole rings is 1. The average molecular weight is 298 g/mol. The van der Waals surface area contributed by atoms with E-state index in [-0.39, 0.29) is 0 Å². The predicted octanol–water partition coefficient (Wildman–Crippen LogP) is 2.92. The summed E-state index contributed by atoms with van der Waals surface area (Å²) >= 11 is 3.25. The van der Waals surface area contributed by atoms with Crippen LogP contribution in [0.4, 0.5) is 5.13 Å². The molecule has 0 saturated heterocycles. The summed E-state index contributed by atoms with van der Waals surface area (Å²) in [6, 6.07) is 0. The SMILES string of the molecule is COCCNc1nnc(-c2cnc(CC(C)C)s2)s1. The standard InChI is InChI=1S/C12H18N4OS2/c1-8(2)6-10-14-7-9(18-10)11-15-16-12(19-11)13-4-5-17-3/h7-8H,4-6H2,1-3H3,(H,13,16). The van der Waals surface area contributed by atoms with Crippen LogP contribution in [0, 0.1) is 5.92 Å². The highest BCUT2D eigenvalue weighted by Crippen LogP contribution is 2.31. The van der Waals surface area contributed by atoms with Crippen LogP contribution in [0.3, 0.4) is 0 Å². The maximum atomic E-state index is 4.98. The van der Waals surface area contributed by atoms with Crippen molar-refractivity contribution in [3.8, 4) is 9.88 Å². The molecule has 2 rings (SSSR count). The quantitative estimate of drug-likeness (QED) is 0.796. The lowest BCUT2D eigenvalue weighted by Crippen LogP contribution is -2.06. The molecular weight excluding hydrogens is 280 g/mol. The molecule has 1 N–H and O–H groups in total. The maximum Gasteiger partial charge on any atom is 0.206 e. The van der Waals surface area contributed by atoms with Gasteiger partial charge in [-0.3, -0.25) is 0 Å². The summed E-state index contributed by atoms with van der Waals surface area (Å²) in [6.45, 7) is 5.80. The van der Waals surface area contributed by atoms with E-state index in [1.807, 2.05) is 6.20 Å². The smallest absolute Gasteiger partial charge is 0.206 e. The molecule has 0 saturated carbocycles. The van der Waals surface area contributed by atoms with Gasteiger partial charge in [0, 0.05) is 26.3 Å². The zero-order valence-corrected chi connectivity index (χ0v) is 13.0. The molecular formula is C12H18N4OS2. The molecule has 19 heavy (non-hydrogen) atoms. The third kappa shape index (κ3) is 4.22. The molecule has 0 aromatic carbocycles. The van der Waals surface area contributed by atoms with Crippen LogP contribution in [0.5, 0.6) is 0 Å². The normalized spacial score (nSPS) is 11.2. The van der Waals surface area contributed by atoms with Gasteiger partial charge in [0.25, 0.3) is 0 Å². The molecule has 0 aliphatic heterocycles. The van der Waals surface area contributed by atoms with Crippen LogP contribution in [0.2, 0.25) is 0 Å². The zero-order chi connectivity index (χ0) is 13.7. The van der Waals surface area contributed by atoms with E-state index in [1.165, 1.54) is 0 Å². The summed E-state index contributed by atoms with van der Waals surface area (Å²) in [7, 11) is 1.68. The highest BCUT2D eigenvalue weighted by atomic mass is 32.1. The average Bonchev–Trinajstić information content (AvgIpc) is 2.97. The molecule has 2 aromatic rings. The van der Waals surface area contributed by atoms with Gasteiger partial charge in [-0.2, -0.15) is 0 Å². The molecule has 0 aliphatic rings. The Balaban J connectivity index is 1.99. The van der Waals surface area contributed by atoms with Gasteiger partial charge in [0.15, 0.2) is 5.01 Å². The molecule has 2 aromatic heterocycles. The molecule has 104 valence electrons. The Morgan fingerprint density at radius 2 is 2.16 bits per heavy atom. The number of methoxy groups -OCH3 is 1. The Labute approximate surface area is 121 Å². The first kappa shape index (κ1) is 14.4. The van der Waals surface area contributed by atoms with E-state index in [4.69, 9.17) is 4.74 Å². The highest BCUT2D eigenvalue weighted by Gasteiger charge is 2.11. The molecule has 0 bridgehead atoms. The van der Waals surface area contributed by atoms with Gasteiger partial charge in [0.05, 0.1) is 16.5 Å². The number of rotatable bonds is 7. The number of nitrogens with one attached hydrogen (secondary N) is 1. The maximum absolute atomic E-state index is 4.98. The molecule has 0 amide bonds. The number of nitrogens with zero attached hydrogens (tertiary/aromatic N) is 3. The second-order valence-electron chi connectivity index (χ2n) is 4.55. The Morgan fingerprint density at radius 3 is 2.89 bits per heavy atom. The van der Waals surface area contributed by atoms with E-state index in [9.17, 15) is 0 Å². The predicted molar refractivity (Wildman–Crippen MR) is 79.9 cm³/mol. The van der Waals surface area contributed by atoms with Crippen molar-refractivity contribution >= 4 is 27.8 Å². The Morgan fingerprint density at radius 1 is 1.32 bits per heavy atom. The van der Waals surface area contributed by atoms with Crippen molar-refractivity contribution < 1.29 is 4.74 Å². The van der Waals surface area contributed by atoms with Crippen molar-refractivity contribution in [3.63, 3.8) is 0 Å². The van der Waals surface area contributed by atoms with E-state index in [2.05, 4.69) is 34.3 Å². The fourth-order valence-electron chi connectivity index (χ4n) is 1.51. The first-order chi connectivity index (χ1) is 9.19. The van der Waals surface area contributed by atoms with Crippen molar-refractivity contribution in [1.82, 2.24) is 15.2 Å². The van der Waals surface area contributed by atoms with Gasteiger partial charge in [0.2, 0.25) is 5.13 Å². The lowest BCUT2D eigenvalue weighted by Gasteiger charge is -1.98. The van der Waals surface area contributed by atoms with Gasteiger partial charge in [0.1, 0.15) is 0 Å². The molecule has 0 atom stereocenters. The summed E-state index contributed by atoms with van der Waals surface area (Å²) in [5.74, 6) is 0.625. The molecule has 7 heteroatoms. The highest BCUT2D eigenvalue weighted by molar-refractivity contribution is 7.23. The molecule has 0 spiro atoms. The first-order valence-electron chi connectivity index (χ1n) is 6.20. The van der Waals surface area contributed by atoms with Crippen LogP contribution in [0.1, 0.15) is 18.9 Å². The summed E-state index contributed by atoms with van der Waals surface area (Å²) in [6.07, 6.45) is 2.91. The molecule has 0 unspecified atom stereocenters. The molecule has 2 heterocycles. The Bertz CT molecular complexity index is 509. The minimum Gasteiger partial charge on any atom is -0.383 e. The molecule has 0 fully saturated rings. The monoisotopic (exact) mass is 298 g/mol. The first-order valence-corrected chi connectivity index (χ1v) is 7.83. The third-order valence-corrected chi connectivity index (χ3v) is 4.42. The zero-order valence-electron chi connectivity index (χ0n) is 11.3. The minimum atomic E-state index is 0.625.